The molecule has 0 saturated heterocycles. The topological polar surface area (TPSA) is 54.5 Å². The highest BCUT2D eigenvalue weighted by molar-refractivity contribution is 7.98. The SMILES string of the molecule is Clc1nc2ccccc2cc1CSc1n[nH]c(Cc2cccs2)n1. The van der Waals surface area contributed by atoms with E-state index in [1.807, 2.05) is 30.3 Å². The molecular formula is C17H13ClN4S2. The Hall–Kier alpha value is -1.89. The number of fused-ring (bicyclic) bond motifs is 1. The lowest BCUT2D eigenvalue weighted by molar-refractivity contribution is 0.960. The number of nitrogens with zero attached hydrogens (tertiary/aromatic N) is 3. The van der Waals surface area contributed by atoms with Crippen molar-refractivity contribution in [3.05, 3.63) is 69.3 Å². The van der Waals surface area contributed by atoms with E-state index in [1.165, 1.54) is 4.88 Å². The molecule has 0 atom stereocenters. The van der Waals surface area contributed by atoms with Crippen LogP contribution in [-0.2, 0) is 12.2 Å². The van der Waals surface area contributed by atoms with E-state index >= 15 is 0 Å². The summed E-state index contributed by atoms with van der Waals surface area (Å²) in [6, 6.07) is 14.2. The number of pyridine rings is 1. The van der Waals surface area contributed by atoms with Gasteiger partial charge in [0.25, 0.3) is 0 Å². The predicted molar refractivity (Wildman–Crippen MR) is 99.8 cm³/mol. The second-order valence-corrected chi connectivity index (χ2v) is 7.57. The van der Waals surface area contributed by atoms with E-state index in [2.05, 4.69) is 37.7 Å². The van der Waals surface area contributed by atoms with Gasteiger partial charge < -0.3 is 0 Å². The zero-order chi connectivity index (χ0) is 16.4. The predicted octanol–water partition coefficient (Wildman–Crippen LogP) is 4.95. The molecular weight excluding hydrogens is 360 g/mol. The molecule has 3 heterocycles. The molecule has 0 aliphatic rings. The molecule has 4 nitrogen and oxygen atoms in total. The summed E-state index contributed by atoms with van der Waals surface area (Å²) < 4.78 is 0. The van der Waals surface area contributed by atoms with Gasteiger partial charge in [0.15, 0.2) is 0 Å². The van der Waals surface area contributed by atoms with Crippen molar-refractivity contribution in [3.8, 4) is 0 Å². The monoisotopic (exact) mass is 372 g/mol. The van der Waals surface area contributed by atoms with Gasteiger partial charge in [-0.2, -0.15) is 0 Å². The number of aromatic nitrogens is 4. The zero-order valence-corrected chi connectivity index (χ0v) is 15.0. The summed E-state index contributed by atoms with van der Waals surface area (Å²) in [6.07, 6.45) is 0.781. The number of hydrogen-bond acceptors (Lipinski definition) is 5. The van der Waals surface area contributed by atoms with Crippen LogP contribution in [0, 0.1) is 0 Å². The highest BCUT2D eigenvalue weighted by Crippen LogP contribution is 2.27. The van der Waals surface area contributed by atoms with Gasteiger partial charge in [-0.25, -0.2) is 9.97 Å². The van der Waals surface area contributed by atoms with Crippen LogP contribution in [0.2, 0.25) is 5.15 Å². The maximum Gasteiger partial charge on any atom is 0.208 e. The largest absolute Gasteiger partial charge is 0.262 e. The first-order valence-corrected chi connectivity index (χ1v) is 9.63. The smallest absolute Gasteiger partial charge is 0.208 e. The van der Waals surface area contributed by atoms with Crippen LogP contribution in [0.1, 0.15) is 16.3 Å². The van der Waals surface area contributed by atoms with E-state index in [9.17, 15) is 0 Å². The minimum Gasteiger partial charge on any atom is -0.262 e. The third-order valence-corrected chi connectivity index (χ3v) is 5.64. The Morgan fingerprint density at radius 3 is 2.92 bits per heavy atom. The Labute approximate surface area is 152 Å². The van der Waals surface area contributed by atoms with Gasteiger partial charge in [-0.1, -0.05) is 47.6 Å². The first-order valence-electron chi connectivity index (χ1n) is 7.38. The van der Waals surface area contributed by atoms with Crippen molar-refractivity contribution >= 4 is 45.6 Å². The normalized spacial score (nSPS) is 11.2. The lowest BCUT2D eigenvalue weighted by Gasteiger charge is -2.04. The summed E-state index contributed by atoms with van der Waals surface area (Å²) in [5.41, 5.74) is 1.90. The summed E-state index contributed by atoms with van der Waals surface area (Å²) in [7, 11) is 0. The van der Waals surface area contributed by atoms with Gasteiger partial charge in [-0.3, -0.25) is 5.10 Å². The fraction of sp³-hybridized carbons (Fsp3) is 0.118. The Balaban J connectivity index is 1.47. The molecule has 24 heavy (non-hydrogen) atoms. The molecule has 0 bridgehead atoms. The molecule has 4 rings (SSSR count). The molecule has 0 amide bonds. The van der Waals surface area contributed by atoms with Gasteiger partial charge in [-0.05, 0) is 23.6 Å². The van der Waals surface area contributed by atoms with Crippen LogP contribution in [0.25, 0.3) is 10.9 Å². The fourth-order valence-electron chi connectivity index (χ4n) is 2.38. The van der Waals surface area contributed by atoms with Crippen molar-refractivity contribution in [1.82, 2.24) is 20.2 Å². The maximum absolute atomic E-state index is 6.30. The highest BCUT2D eigenvalue weighted by atomic mass is 35.5. The second kappa shape index (κ2) is 6.93. The number of para-hydroxylation sites is 1. The van der Waals surface area contributed by atoms with Crippen LogP contribution in [0.15, 0.2) is 53.0 Å². The average molecular weight is 373 g/mol. The van der Waals surface area contributed by atoms with Crippen molar-refractivity contribution in [2.75, 3.05) is 0 Å². The van der Waals surface area contributed by atoms with Crippen molar-refractivity contribution in [1.29, 1.82) is 0 Å². The quantitative estimate of drug-likeness (QED) is 0.397. The standard InChI is InChI=1S/C17H13ClN4S2/c18-16-12(8-11-4-1-2-6-14(11)19-16)10-24-17-20-15(21-22-17)9-13-5-3-7-23-13/h1-8H,9-10H2,(H,20,21,22). The fourth-order valence-corrected chi connectivity index (χ4v) is 4.17. The van der Waals surface area contributed by atoms with Gasteiger partial charge in [-0.15, -0.1) is 16.4 Å². The number of thiophene rings is 1. The molecule has 0 aliphatic heterocycles. The summed E-state index contributed by atoms with van der Waals surface area (Å²) in [5, 5.41) is 11.7. The van der Waals surface area contributed by atoms with Gasteiger partial charge in [0, 0.05) is 28.0 Å². The van der Waals surface area contributed by atoms with Crippen LogP contribution in [0.5, 0.6) is 0 Å². The van der Waals surface area contributed by atoms with Gasteiger partial charge >= 0.3 is 0 Å². The Kier molecular flexibility index (Phi) is 4.51. The van der Waals surface area contributed by atoms with Gasteiger partial charge in [0.2, 0.25) is 5.16 Å². The molecule has 0 spiro atoms. The third-order valence-electron chi connectivity index (χ3n) is 3.54. The number of nitrogens with one attached hydrogen (secondary N) is 1. The van der Waals surface area contributed by atoms with E-state index in [0.717, 1.165) is 33.9 Å². The minimum atomic E-state index is 0.538. The first-order chi connectivity index (χ1) is 11.8. The molecule has 0 saturated carbocycles. The molecule has 0 aliphatic carbocycles. The second-order valence-electron chi connectivity index (χ2n) is 5.24. The van der Waals surface area contributed by atoms with Crippen LogP contribution >= 0.6 is 34.7 Å². The summed E-state index contributed by atoms with van der Waals surface area (Å²) in [6.45, 7) is 0. The summed E-state index contributed by atoms with van der Waals surface area (Å²) in [5.74, 6) is 1.56. The summed E-state index contributed by atoms with van der Waals surface area (Å²) in [4.78, 5) is 10.2. The molecule has 0 fully saturated rings. The van der Waals surface area contributed by atoms with E-state index < -0.39 is 0 Å². The van der Waals surface area contributed by atoms with Gasteiger partial charge in [0.1, 0.15) is 11.0 Å². The average Bonchev–Trinajstić information content (AvgIpc) is 3.25. The molecule has 4 aromatic rings. The van der Waals surface area contributed by atoms with E-state index in [0.29, 0.717) is 10.9 Å². The number of aromatic amines is 1. The third kappa shape index (κ3) is 3.45. The number of rotatable bonds is 5. The Morgan fingerprint density at radius 1 is 1.12 bits per heavy atom. The lowest BCUT2D eigenvalue weighted by Crippen LogP contribution is -1.89. The molecule has 0 unspecified atom stereocenters. The molecule has 1 aromatic carbocycles. The van der Waals surface area contributed by atoms with Crippen LogP contribution in [0.3, 0.4) is 0 Å². The van der Waals surface area contributed by atoms with Crippen molar-refractivity contribution < 1.29 is 0 Å². The number of halogens is 1. The lowest BCUT2D eigenvalue weighted by atomic mass is 10.2. The van der Waals surface area contributed by atoms with Crippen molar-refractivity contribution in [2.24, 2.45) is 0 Å². The molecule has 120 valence electrons. The van der Waals surface area contributed by atoms with Crippen molar-refractivity contribution in [2.45, 2.75) is 17.3 Å². The summed E-state index contributed by atoms with van der Waals surface area (Å²) >= 11 is 9.57. The Bertz CT molecular complexity index is 966. The Morgan fingerprint density at radius 2 is 2.04 bits per heavy atom. The van der Waals surface area contributed by atoms with E-state index in [-0.39, 0.29) is 0 Å². The molecule has 1 N–H and O–H groups in total. The zero-order valence-electron chi connectivity index (χ0n) is 12.6. The first kappa shape index (κ1) is 15.6. The van der Waals surface area contributed by atoms with E-state index in [1.54, 1.807) is 23.1 Å². The number of benzene rings is 1. The molecule has 7 heteroatoms. The van der Waals surface area contributed by atoms with E-state index in [4.69, 9.17) is 11.6 Å². The van der Waals surface area contributed by atoms with Crippen LogP contribution in [-0.4, -0.2) is 20.2 Å². The van der Waals surface area contributed by atoms with Crippen molar-refractivity contribution in [3.63, 3.8) is 0 Å². The number of H-pyrrole nitrogens is 1. The molecule has 3 aromatic heterocycles. The van der Waals surface area contributed by atoms with Gasteiger partial charge in [0.05, 0.1) is 5.52 Å². The van der Waals surface area contributed by atoms with Crippen LogP contribution < -0.4 is 0 Å². The number of hydrogen-bond donors (Lipinski definition) is 1. The molecule has 0 radical (unpaired) electrons. The van der Waals surface area contributed by atoms with Crippen LogP contribution in [0.4, 0.5) is 0 Å². The maximum atomic E-state index is 6.30. The highest BCUT2D eigenvalue weighted by Gasteiger charge is 2.09. The minimum absolute atomic E-state index is 0.538. The number of thioether (sulfide) groups is 1.